The van der Waals surface area contributed by atoms with Crippen molar-refractivity contribution in [2.24, 2.45) is 5.73 Å². The van der Waals surface area contributed by atoms with Gasteiger partial charge < -0.3 is 11.1 Å². The molecule has 0 heterocycles. The van der Waals surface area contributed by atoms with Gasteiger partial charge in [0.1, 0.15) is 5.82 Å². The Bertz CT molecular complexity index is 366. The molecule has 1 unspecified atom stereocenters. The zero-order chi connectivity index (χ0) is 11.4. The van der Waals surface area contributed by atoms with E-state index in [1.807, 2.05) is 6.92 Å². The standard InChI is InChI=1S/C11H15FN2O/c1-7-3-4-8(12)5-9(7)10(14-2)6-11(13)15/h3-5,10,14H,6H2,1-2H3,(H2,13,15). The van der Waals surface area contributed by atoms with Gasteiger partial charge in [-0.05, 0) is 37.2 Å². The second-order valence-electron chi connectivity index (χ2n) is 3.51. The molecule has 1 aromatic carbocycles. The number of benzene rings is 1. The molecule has 0 saturated carbocycles. The summed E-state index contributed by atoms with van der Waals surface area (Å²) < 4.78 is 13.0. The molecule has 0 aliphatic rings. The van der Waals surface area contributed by atoms with Crippen molar-refractivity contribution in [3.8, 4) is 0 Å². The molecule has 0 radical (unpaired) electrons. The minimum atomic E-state index is -0.405. The number of carbonyl (C=O) groups excluding carboxylic acids is 1. The number of primary amides is 1. The van der Waals surface area contributed by atoms with Crippen LogP contribution < -0.4 is 11.1 Å². The molecule has 1 amide bonds. The molecule has 4 heteroatoms. The lowest BCUT2D eigenvalue weighted by atomic mass is 9.98. The smallest absolute Gasteiger partial charge is 0.219 e. The number of amides is 1. The summed E-state index contributed by atoms with van der Waals surface area (Å²) in [5.41, 5.74) is 6.84. The molecule has 1 rings (SSSR count). The van der Waals surface area contributed by atoms with Gasteiger partial charge in [0.15, 0.2) is 0 Å². The van der Waals surface area contributed by atoms with Gasteiger partial charge in [-0.1, -0.05) is 6.07 Å². The van der Waals surface area contributed by atoms with Crippen LogP contribution in [0.1, 0.15) is 23.6 Å². The molecule has 0 saturated heterocycles. The molecule has 0 aliphatic carbocycles. The van der Waals surface area contributed by atoms with Gasteiger partial charge in [0.2, 0.25) is 5.91 Å². The number of rotatable bonds is 4. The van der Waals surface area contributed by atoms with Crippen LogP contribution >= 0.6 is 0 Å². The number of hydrogen-bond acceptors (Lipinski definition) is 2. The van der Waals surface area contributed by atoms with Gasteiger partial charge in [-0.2, -0.15) is 0 Å². The van der Waals surface area contributed by atoms with E-state index in [0.29, 0.717) is 0 Å². The lowest BCUT2D eigenvalue weighted by Gasteiger charge is -2.17. The predicted octanol–water partition coefficient (Wildman–Crippen LogP) is 1.27. The largest absolute Gasteiger partial charge is 0.370 e. The lowest BCUT2D eigenvalue weighted by molar-refractivity contribution is -0.118. The molecule has 82 valence electrons. The van der Waals surface area contributed by atoms with Gasteiger partial charge in [-0.15, -0.1) is 0 Å². The zero-order valence-electron chi connectivity index (χ0n) is 8.88. The minimum Gasteiger partial charge on any atom is -0.370 e. The number of aryl methyl sites for hydroxylation is 1. The summed E-state index contributed by atoms with van der Waals surface area (Å²) in [6.45, 7) is 1.88. The second-order valence-corrected chi connectivity index (χ2v) is 3.51. The summed E-state index contributed by atoms with van der Waals surface area (Å²) in [5, 5.41) is 2.95. The number of halogens is 1. The third kappa shape index (κ3) is 3.02. The number of hydrogen-bond donors (Lipinski definition) is 2. The summed E-state index contributed by atoms with van der Waals surface area (Å²) in [7, 11) is 1.72. The zero-order valence-corrected chi connectivity index (χ0v) is 8.88. The van der Waals surface area contributed by atoms with Crippen LogP contribution in [0.4, 0.5) is 4.39 Å². The summed E-state index contributed by atoms with van der Waals surface area (Å²) in [6, 6.07) is 4.30. The van der Waals surface area contributed by atoms with Crippen molar-refractivity contribution in [1.29, 1.82) is 0 Å². The van der Waals surface area contributed by atoms with Crippen molar-refractivity contribution in [2.75, 3.05) is 7.05 Å². The topological polar surface area (TPSA) is 55.1 Å². The first-order valence-electron chi connectivity index (χ1n) is 4.76. The highest BCUT2D eigenvalue weighted by atomic mass is 19.1. The third-order valence-corrected chi connectivity index (χ3v) is 2.37. The van der Waals surface area contributed by atoms with E-state index in [1.54, 1.807) is 13.1 Å². The molecule has 0 bridgehead atoms. The summed E-state index contributed by atoms with van der Waals surface area (Å²) >= 11 is 0. The Morgan fingerprint density at radius 3 is 2.80 bits per heavy atom. The Morgan fingerprint density at radius 2 is 2.27 bits per heavy atom. The van der Waals surface area contributed by atoms with Crippen molar-refractivity contribution >= 4 is 5.91 Å². The van der Waals surface area contributed by atoms with Crippen molar-refractivity contribution in [2.45, 2.75) is 19.4 Å². The van der Waals surface area contributed by atoms with Crippen LogP contribution in [-0.4, -0.2) is 13.0 Å². The van der Waals surface area contributed by atoms with E-state index in [1.165, 1.54) is 12.1 Å². The Labute approximate surface area is 88.5 Å². The van der Waals surface area contributed by atoms with Gasteiger partial charge >= 0.3 is 0 Å². The Kier molecular flexibility index (Phi) is 3.80. The Hall–Kier alpha value is -1.42. The van der Waals surface area contributed by atoms with E-state index in [4.69, 9.17) is 5.73 Å². The lowest BCUT2D eigenvalue weighted by Crippen LogP contribution is -2.24. The van der Waals surface area contributed by atoms with Crippen molar-refractivity contribution in [1.82, 2.24) is 5.32 Å². The first-order chi connectivity index (χ1) is 7.04. The first-order valence-corrected chi connectivity index (χ1v) is 4.76. The van der Waals surface area contributed by atoms with Crippen molar-refractivity contribution in [3.05, 3.63) is 35.1 Å². The van der Waals surface area contributed by atoms with E-state index < -0.39 is 5.91 Å². The first kappa shape index (κ1) is 11.7. The summed E-state index contributed by atoms with van der Waals surface area (Å²) in [5.74, 6) is -0.710. The fraction of sp³-hybridized carbons (Fsp3) is 0.364. The van der Waals surface area contributed by atoms with Gasteiger partial charge in [0, 0.05) is 12.5 Å². The third-order valence-electron chi connectivity index (χ3n) is 2.37. The molecule has 0 aromatic heterocycles. The average Bonchev–Trinajstić information content (AvgIpc) is 2.18. The summed E-state index contributed by atoms with van der Waals surface area (Å²) in [4.78, 5) is 10.8. The van der Waals surface area contributed by atoms with E-state index in [2.05, 4.69) is 5.32 Å². The highest BCUT2D eigenvalue weighted by molar-refractivity contribution is 5.74. The molecular weight excluding hydrogens is 195 g/mol. The fourth-order valence-corrected chi connectivity index (χ4v) is 1.56. The maximum absolute atomic E-state index is 13.0. The number of nitrogens with two attached hydrogens (primary N) is 1. The monoisotopic (exact) mass is 210 g/mol. The molecule has 3 nitrogen and oxygen atoms in total. The minimum absolute atomic E-state index is 0.167. The molecule has 1 atom stereocenters. The number of nitrogens with one attached hydrogen (secondary N) is 1. The highest BCUT2D eigenvalue weighted by Gasteiger charge is 2.14. The van der Waals surface area contributed by atoms with Crippen molar-refractivity contribution in [3.63, 3.8) is 0 Å². The van der Waals surface area contributed by atoms with E-state index >= 15 is 0 Å². The predicted molar refractivity (Wildman–Crippen MR) is 56.7 cm³/mol. The van der Waals surface area contributed by atoms with Gasteiger partial charge in [-0.25, -0.2) is 4.39 Å². The van der Waals surface area contributed by atoms with Crippen LogP contribution in [0, 0.1) is 12.7 Å². The van der Waals surface area contributed by atoms with Gasteiger partial charge in [0.05, 0.1) is 0 Å². The van der Waals surface area contributed by atoms with Crippen LogP contribution in [0.15, 0.2) is 18.2 Å². The van der Waals surface area contributed by atoms with E-state index in [9.17, 15) is 9.18 Å². The molecule has 0 fully saturated rings. The normalized spacial score (nSPS) is 12.5. The van der Waals surface area contributed by atoms with Crippen LogP contribution in [-0.2, 0) is 4.79 Å². The number of carbonyl (C=O) groups is 1. The van der Waals surface area contributed by atoms with Crippen LogP contribution in [0.2, 0.25) is 0 Å². The van der Waals surface area contributed by atoms with Crippen LogP contribution in [0.5, 0.6) is 0 Å². The molecule has 3 N–H and O–H groups in total. The quantitative estimate of drug-likeness (QED) is 0.786. The Balaban J connectivity index is 3.00. The van der Waals surface area contributed by atoms with Gasteiger partial charge in [-0.3, -0.25) is 4.79 Å². The average molecular weight is 210 g/mol. The van der Waals surface area contributed by atoms with Gasteiger partial charge in [0.25, 0.3) is 0 Å². The molecular formula is C11H15FN2O. The molecule has 0 spiro atoms. The van der Waals surface area contributed by atoms with Crippen LogP contribution in [0.3, 0.4) is 0 Å². The molecule has 1 aromatic rings. The SMILES string of the molecule is CNC(CC(N)=O)c1cc(F)ccc1C. The maximum Gasteiger partial charge on any atom is 0.219 e. The molecule has 15 heavy (non-hydrogen) atoms. The van der Waals surface area contributed by atoms with Crippen molar-refractivity contribution < 1.29 is 9.18 Å². The maximum atomic E-state index is 13.0. The highest BCUT2D eigenvalue weighted by Crippen LogP contribution is 2.21. The summed E-state index contributed by atoms with van der Waals surface area (Å²) in [6.07, 6.45) is 0.167. The van der Waals surface area contributed by atoms with Crippen LogP contribution in [0.25, 0.3) is 0 Å². The Morgan fingerprint density at radius 1 is 1.60 bits per heavy atom. The van der Waals surface area contributed by atoms with E-state index in [0.717, 1.165) is 11.1 Å². The van der Waals surface area contributed by atoms with E-state index in [-0.39, 0.29) is 18.3 Å². The fourth-order valence-electron chi connectivity index (χ4n) is 1.56. The second kappa shape index (κ2) is 4.89. The molecule has 0 aliphatic heterocycles.